The molecule has 124 valence electrons. The van der Waals surface area contributed by atoms with E-state index in [1.54, 1.807) is 0 Å². The third-order valence-electron chi connectivity index (χ3n) is 5.21. The van der Waals surface area contributed by atoms with Gasteiger partial charge in [0.2, 0.25) is 0 Å². The Morgan fingerprint density at radius 3 is 2.16 bits per heavy atom. The van der Waals surface area contributed by atoms with Crippen LogP contribution in [0.5, 0.6) is 11.5 Å². The number of aryl methyl sites for hydroxylation is 4. The van der Waals surface area contributed by atoms with E-state index in [1.165, 1.54) is 39.0 Å². The molecule has 0 spiro atoms. The van der Waals surface area contributed by atoms with Crippen LogP contribution >= 0.6 is 0 Å². The lowest BCUT2D eigenvalue weighted by Gasteiger charge is -2.23. The van der Waals surface area contributed by atoms with Gasteiger partial charge in [0.25, 0.3) is 0 Å². The van der Waals surface area contributed by atoms with E-state index in [9.17, 15) is 0 Å². The van der Waals surface area contributed by atoms with E-state index in [4.69, 9.17) is 4.74 Å². The van der Waals surface area contributed by atoms with E-state index in [0.717, 1.165) is 21.9 Å². The highest BCUT2D eigenvalue weighted by Crippen LogP contribution is 2.38. The van der Waals surface area contributed by atoms with Crippen LogP contribution in [0, 0.1) is 27.7 Å². The maximum Gasteiger partial charge on any atom is 0.135 e. The van der Waals surface area contributed by atoms with Gasteiger partial charge in [0, 0.05) is 16.4 Å². The number of rotatable bonds is 1. The van der Waals surface area contributed by atoms with E-state index < -0.39 is 0 Å². The summed E-state index contributed by atoms with van der Waals surface area (Å²) < 4.78 is 6.28. The van der Waals surface area contributed by atoms with Gasteiger partial charge in [-0.3, -0.25) is 0 Å². The van der Waals surface area contributed by atoms with Crippen molar-refractivity contribution in [1.82, 2.24) is 0 Å². The minimum absolute atomic E-state index is 0.893. The summed E-state index contributed by atoms with van der Waals surface area (Å²) in [5.41, 5.74) is 8.65. The van der Waals surface area contributed by atoms with Crippen LogP contribution in [0.15, 0.2) is 48.5 Å². The van der Waals surface area contributed by atoms with Crippen molar-refractivity contribution in [1.29, 1.82) is 0 Å². The monoisotopic (exact) mass is 326 g/mol. The highest BCUT2D eigenvalue weighted by atomic mass is 16.5. The Morgan fingerprint density at radius 2 is 1.40 bits per heavy atom. The van der Waals surface area contributed by atoms with Crippen molar-refractivity contribution in [3.63, 3.8) is 0 Å². The van der Waals surface area contributed by atoms with Crippen molar-refractivity contribution in [2.45, 2.75) is 27.7 Å². The first-order valence-corrected chi connectivity index (χ1v) is 8.65. The molecular weight excluding hydrogens is 304 g/mol. The molecule has 3 aromatic carbocycles. The fourth-order valence-electron chi connectivity index (χ4n) is 3.49. The van der Waals surface area contributed by atoms with Crippen LogP contribution < -0.4 is 15.2 Å². The second kappa shape index (κ2) is 5.63. The van der Waals surface area contributed by atoms with Gasteiger partial charge in [0.1, 0.15) is 11.5 Å². The number of benzene rings is 3. The van der Waals surface area contributed by atoms with Crippen LogP contribution in [-0.4, -0.2) is 0 Å². The van der Waals surface area contributed by atoms with Crippen molar-refractivity contribution in [3.05, 3.63) is 92.3 Å². The van der Waals surface area contributed by atoms with Gasteiger partial charge >= 0.3 is 0 Å². The van der Waals surface area contributed by atoms with Gasteiger partial charge in [-0.1, -0.05) is 30.8 Å². The summed E-state index contributed by atoms with van der Waals surface area (Å²) in [5, 5.41) is 2.16. The van der Waals surface area contributed by atoms with Crippen LogP contribution in [0.2, 0.25) is 0 Å². The van der Waals surface area contributed by atoms with E-state index in [0.29, 0.717) is 0 Å². The summed E-state index contributed by atoms with van der Waals surface area (Å²) in [7, 11) is 0. The topological polar surface area (TPSA) is 9.23 Å². The Hall–Kier alpha value is -2.80. The average molecular weight is 326 g/mol. The Labute approximate surface area is 148 Å². The molecule has 1 heterocycles. The van der Waals surface area contributed by atoms with Crippen LogP contribution in [0.1, 0.15) is 33.4 Å². The van der Waals surface area contributed by atoms with Gasteiger partial charge in [-0.15, -0.1) is 0 Å². The lowest BCUT2D eigenvalue weighted by atomic mass is 9.88. The molecule has 0 radical (unpaired) electrons. The van der Waals surface area contributed by atoms with E-state index in [2.05, 4.69) is 82.8 Å². The molecule has 3 aromatic rings. The second-order valence-electron chi connectivity index (χ2n) is 7.00. The van der Waals surface area contributed by atoms with E-state index in [-0.39, 0.29) is 0 Å². The van der Waals surface area contributed by atoms with E-state index in [1.807, 2.05) is 0 Å². The fraction of sp³-hybridized carbons (Fsp3) is 0.167. The van der Waals surface area contributed by atoms with Crippen molar-refractivity contribution < 1.29 is 4.74 Å². The predicted octanol–water partition coefficient (Wildman–Crippen LogP) is 4.68. The Bertz CT molecular complexity index is 1120. The number of hydrogen-bond donors (Lipinski definition) is 0. The zero-order valence-corrected chi connectivity index (χ0v) is 15.2. The van der Waals surface area contributed by atoms with Gasteiger partial charge in [-0.25, -0.2) is 0 Å². The predicted molar refractivity (Wildman–Crippen MR) is 105 cm³/mol. The minimum Gasteiger partial charge on any atom is -0.456 e. The van der Waals surface area contributed by atoms with Crippen molar-refractivity contribution in [2.75, 3.05) is 0 Å². The maximum atomic E-state index is 6.28. The Balaban J connectivity index is 2.20. The molecule has 0 bridgehead atoms. The molecule has 0 amide bonds. The lowest BCUT2D eigenvalue weighted by Crippen LogP contribution is -2.22. The molecule has 4 rings (SSSR count). The second-order valence-corrected chi connectivity index (χ2v) is 7.00. The molecule has 0 fully saturated rings. The summed E-state index contributed by atoms with van der Waals surface area (Å²) in [6.45, 7) is 12.7. The molecule has 25 heavy (non-hydrogen) atoms. The molecule has 0 saturated carbocycles. The van der Waals surface area contributed by atoms with Gasteiger partial charge in [-0.05, 0) is 85.0 Å². The largest absolute Gasteiger partial charge is 0.456 e. The molecule has 1 heteroatoms. The van der Waals surface area contributed by atoms with Gasteiger partial charge in [0.05, 0.1) is 0 Å². The SMILES string of the molecule is C=c1cc2c(cc1C)=C(c1ccccc1C)c1cc(C)c(C)cc1O2. The first-order valence-electron chi connectivity index (χ1n) is 8.65. The van der Waals surface area contributed by atoms with Crippen LogP contribution in [0.25, 0.3) is 12.2 Å². The fourth-order valence-corrected chi connectivity index (χ4v) is 3.49. The molecule has 0 unspecified atom stereocenters. The quantitative estimate of drug-likeness (QED) is 0.493. The summed E-state index contributed by atoms with van der Waals surface area (Å²) in [4.78, 5) is 0. The lowest BCUT2D eigenvalue weighted by molar-refractivity contribution is 0.471. The highest BCUT2D eigenvalue weighted by Gasteiger charge is 2.22. The van der Waals surface area contributed by atoms with Crippen molar-refractivity contribution >= 4 is 12.2 Å². The minimum atomic E-state index is 0.893. The molecule has 1 aliphatic rings. The maximum absolute atomic E-state index is 6.28. The first-order chi connectivity index (χ1) is 12.0. The molecule has 0 N–H and O–H groups in total. The zero-order chi connectivity index (χ0) is 17.7. The first kappa shape index (κ1) is 15.7. The van der Waals surface area contributed by atoms with Crippen molar-refractivity contribution in [2.24, 2.45) is 0 Å². The zero-order valence-electron chi connectivity index (χ0n) is 15.2. The molecule has 1 nitrogen and oxygen atoms in total. The molecule has 0 aliphatic carbocycles. The molecule has 1 aliphatic heterocycles. The molecular formula is C24H22O. The van der Waals surface area contributed by atoms with Crippen LogP contribution in [-0.2, 0) is 0 Å². The van der Waals surface area contributed by atoms with Gasteiger partial charge in [-0.2, -0.15) is 0 Å². The normalized spacial score (nSPS) is 12.4. The number of hydrogen-bond acceptors (Lipinski definition) is 1. The smallest absolute Gasteiger partial charge is 0.135 e. The van der Waals surface area contributed by atoms with E-state index >= 15 is 0 Å². The number of fused-ring (bicyclic) bond motifs is 2. The average Bonchev–Trinajstić information content (AvgIpc) is 2.57. The molecule has 0 atom stereocenters. The summed E-state index contributed by atoms with van der Waals surface area (Å²) in [6.07, 6.45) is 0. The number of ether oxygens (including phenoxy) is 1. The van der Waals surface area contributed by atoms with Crippen LogP contribution in [0.3, 0.4) is 0 Å². The Kier molecular flexibility index (Phi) is 3.54. The highest BCUT2D eigenvalue weighted by molar-refractivity contribution is 5.86. The van der Waals surface area contributed by atoms with Gasteiger partial charge < -0.3 is 4.74 Å². The third-order valence-corrected chi connectivity index (χ3v) is 5.21. The molecule has 0 saturated heterocycles. The molecule has 0 aromatic heterocycles. The van der Waals surface area contributed by atoms with Crippen molar-refractivity contribution in [3.8, 4) is 11.5 Å². The van der Waals surface area contributed by atoms with Crippen LogP contribution in [0.4, 0.5) is 0 Å². The summed E-state index contributed by atoms with van der Waals surface area (Å²) in [5.74, 6) is 1.82. The summed E-state index contributed by atoms with van der Waals surface area (Å²) >= 11 is 0. The summed E-state index contributed by atoms with van der Waals surface area (Å²) in [6, 6.07) is 17.2. The third kappa shape index (κ3) is 2.47. The van der Waals surface area contributed by atoms with Gasteiger partial charge in [0.15, 0.2) is 0 Å². The standard InChI is InChI=1S/C24H22O/c1-14-8-6-7-9-19(14)24-20-10-15(2)17(4)12-22(20)25-23-13-18(5)16(3)11-21(23)24/h6-13H,4H2,1-3,5H3. The Morgan fingerprint density at radius 1 is 0.680 bits per heavy atom.